The van der Waals surface area contributed by atoms with Crippen LogP contribution >= 0.6 is 0 Å². The largest absolute Gasteiger partial charge is 0.333 e. The number of nitrogens with two attached hydrogens (primary N) is 2. The number of aryl methyl sites for hydroxylation is 1. The normalized spacial score (nSPS) is 16.6. The van der Waals surface area contributed by atoms with E-state index in [1.54, 1.807) is 0 Å². The van der Waals surface area contributed by atoms with Crippen molar-refractivity contribution >= 4 is 11.1 Å². The average Bonchev–Trinajstić information content (AvgIpc) is 3.54. The van der Waals surface area contributed by atoms with E-state index in [2.05, 4.69) is 138 Å². The Kier molecular flexibility index (Phi) is 12.9. The number of benzene rings is 3. The Bertz CT molecular complexity index is 1720. The lowest BCUT2D eigenvalue weighted by Gasteiger charge is -2.32. The van der Waals surface area contributed by atoms with Crippen molar-refractivity contribution < 1.29 is 0 Å². The maximum absolute atomic E-state index is 5.58. The van der Waals surface area contributed by atoms with Gasteiger partial charge in [0.1, 0.15) is 0 Å². The van der Waals surface area contributed by atoms with Crippen molar-refractivity contribution in [2.75, 3.05) is 13.6 Å². The van der Waals surface area contributed by atoms with Gasteiger partial charge in [-0.25, -0.2) is 0 Å². The van der Waals surface area contributed by atoms with Gasteiger partial charge in [0.05, 0.1) is 0 Å². The van der Waals surface area contributed by atoms with Crippen LogP contribution in [0, 0.1) is 19.8 Å². The zero-order valence-electron chi connectivity index (χ0n) is 29.4. The molecule has 2 heteroatoms. The molecule has 0 fully saturated rings. The minimum atomic E-state index is 0.0261. The van der Waals surface area contributed by atoms with Crippen LogP contribution in [0.5, 0.6) is 0 Å². The predicted octanol–water partition coefficient (Wildman–Crippen LogP) is 11.1. The third-order valence-corrected chi connectivity index (χ3v) is 9.22. The van der Waals surface area contributed by atoms with E-state index in [-0.39, 0.29) is 5.41 Å². The summed E-state index contributed by atoms with van der Waals surface area (Å²) in [5.74, 6) is 0.427. The number of allylic oxidation sites excluding steroid dienone is 11. The van der Waals surface area contributed by atoms with Crippen molar-refractivity contribution in [1.29, 1.82) is 0 Å². The second-order valence-corrected chi connectivity index (χ2v) is 12.2. The van der Waals surface area contributed by atoms with E-state index in [4.69, 9.17) is 5.73 Å². The van der Waals surface area contributed by atoms with Gasteiger partial charge in [-0.05, 0) is 111 Å². The first-order valence-electron chi connectivity index (χ1n) is 16.6. The lowest BCUT2D eigenvalue weighted by atomic mass is 9.72. The highest BCUT2D eigenvalue weighted by Gasteiger charge is 2.32. The first-order chi connectivity index (χ1) is 22.1. The summed E-state index contributed by atoms with van der Waals surface area (Å²) in [4.78, 5) is 0. The third kappa shape index (κ3) is 7.41. The fourth-order valence-electron chi connectivity index (χ4n) is 6.35. The van der Waals surface area contributed by atoms with Gasteiger partial charge in [-0.1, -0.05) is 151 Å². The second kappa shape index (κ2) is 16.4. The van der Waals surface area contributed by atoms with E-state index in [1.165, 1.54) is 68.3 Å². The standard InChI is InChI=1S/C41H43N.C2H6.CH5N/c1-27(14-9-8-10-25-42)33-15-11-19-38(33)36-17-12-16-35(31(36)5)34-24-23-32(26-29(34)3)37-18-13-20-39-40(37)28(2)21-22-30(4)41(39,6)7;2*1-2/h8-10,12-24,26,30H,1-2,11,25,42H2,3-7H3;1-2H3;2H2,1H3/b10-8-,14-9-;;. The Morgan fingerprint density at radius 2 is 1.59 bits per heavy atom. The highest BCUT2D eigenvalue weighted by Crippen LogP contribution is 2.45. The Balaban J connectivity index is 0.00000139. The average molecular weight is 611 g/mol. The van der Waals surface area contributed by atoms with Crippen LogP contribution in [0.15, 0.2) is 128 Å². The molecule has 46 heavy (non-hydrogen) atoms. The molecule has 1 unspecified atom stereocenters. The highest BCUT2D eigenvalue weighted by molar-refractivity contribution is 5.91. The summed E-state index contributed by atoms with van der Waals surface area (Å²) in [6.07, 6.45) is 18.0. The summed E-state index contributed by atoms with van der Waals surface area (Å²) in [6, 6.07) is 20.3. The predicted molar refractivity (Wildman–Crippen MR) is 206 cm³/mol. The van der Waals surface area contributed by atoms with Gasteiger partial charge < -0.3 is 11.5 Å². The Morgan fingerprint density at radius 1 is 0.913 bits per heavy atom. The van der Waals surface area contributed by atoms with Crippen molar-refractivity contribution in [2.24, 2.45) is 17.4 Å². The van der Waals surface area contributed by atoms with Crippen molar-refractivity contribution in [1.82, 2.24) is 0 Å². The summed E-state index contributed by atoms with van der Waals surface area (Å²) in [7, 11) is 1.50. The molecule has 1 atom stereocenters. The molecular weight excluding hydrogens is 556 g/mol. The van der Waals surface area contributed by atoms with E-state index in [9.17, 15) is 0 Å². The molecule has 0 amide bonds. The van der Waals surface area contributed by atoms with E-state index < -0.39 is 0 Å². The number of rotatable bonds is 7. The van der Waals surface area contributed by atoms with Gasteiger partial charge in [0.15, 0.2) is 0 Å². The molecule has 2 aliphatic rings. The van der Waals surface area contributed by atoms with Crippen molar-refractivity contribution in [3.8, 4) is 22.3 Å². The quantitative estimate of drug-likeness (QED) is 0.261. The monoisotopic (exact) mass is 610 g/mol. The highest BCUT2D eigenvalue weighted by atomic mass is 14.5. The van der Waals surface area contributed by atoms with Crippen LogP contribution in [0.1, 0.15) is 68.9 Å². The van der Waals surface area contributed by atoms with Crippen LogP contribution in [0.25, 0.3) is 33.4 Å². The lowest BCUT2D eigenvalue weighted by Crippen LogP contribution is -2.25. The van der Waals surface area contributed by atoms with Crippen LogP contribution in [-0.4, -0.2) is 13.6 Å². The molecule has 4 N–H and O–H groups in total. The van der Waals surface area contributed by atoms with E-state index in [0.29, 0.717) is 12.5 Å². The topological polar surface area (TPSA) is 52.0 Å². The van der Waals surface area contributed by atoms with Crippen molar-refractivity contribution in [2.45, 2.75) is 60.3 Å². The fraction of sp³-hybridized carbons (Fsp3) is 0.273. The SMILES string of the molecule is C=C(/C=C\C=C/CN)C1=CCC=C1c1cccc(-c2ccc(-c3cccc4c3C(=C)C=CC(C)C4(C)C)cc2C)c1C.CC.CN. The zero-order chi connectivity index (χ0) is 34.0. The molecule has 0 saturated heterocycles. The smallest absolute Gasteiger partial charge is 0.0109 e. The molecule has 2 aliphatic carbocycles. The van der Waals surface area contributed by atoms with Crippen LogP contribution < -0.4 is 11.5 Å². The molecule has 0 spiro atoms. The van der Waals surface area contributed by atoms with Gasteiger partial charge in [0.25, 0.3) is 0 Å². The minimum absolute atomic E-state index is 0.0261. The van der Waals surface area contributed by atoms with Gasteiger partial charge in [0, 0.05) is 6.54 Å². The van der Waals surface area contributed by atoms with Gasteiger partial charge >= 0.3 is 0 Å². The number of hydrogen-bond donors (Lipinski definition) is 2. The fourth-order valence-corrected chi connectivity index (χ4v) is 6.35. The molecule has 0 radical (unpaired) electrons. The molecule has 0 bridgehead atoms. The molecule has 3 aromatic rings. The van der Waals surface area contributed by atoms with E-state index >= 15 is 0 Å². The second-order valence-electron chi connectivity index (χ2n) is 12.2. The zero-order valence-corrected chi connectivity index (χ0v) is 29.4. The first-order valence-corrected chi connectivity index (χ1v) is 16.6. The van der Waals surface area contributed by atoms with Crippen molar-refractivity contribution in [3.05, 3.63) is 155 Å². The van der Waals surface area contributed by atoms with E-state index in [1.807, 2.05) is 32.1 Å². The maximum Gasteiger partial charge on any atom is 0.0109 e. The van der Waals surface area contributed by atoms with Gasteiger partial charge in [-0.3, -0.25) is 0 Å². The van der Waals surface area contributed by atoms with Gasteiger partial charge in [0.2, 0.25) is 0 Å². The lowest BCUT2D eigenvalue weighted by molar-refractivity contribution is 0.410. The molecule has 0 aromatic heterocycles. The number of fused-ring (bicyclic) bond motifs is 1. The molecule has 240 valence electrons. The Hall–Kier alpha value is -4.24. The first kappa shape index (κ1) is 36.2. The van der Waals surface area contributed by atoms with Crippen LogP contribution in [-0.2, 0) is 5.41 Å². The summed E-state index contributed by atoms with van der Waals surface area (Å²) < 4.78 is 0. The molecule has 2 nitrogen and oxygen atoms in total. The maximum atomic E-state index is 5.58. The minimum Gasteiger partial charge on any atom is -0.333 e. The third-order valence-electron chi connectivity index (χ3n) is 9.22. The molecule has 5 rings (SSSR count). The van der Waals surface area contributed by atoms with Gasteiger partial charge in [-0.15, -0.1) is 0 Å². The molecular formula is C44H54N2. The summed E-state index contributed by atoms with van der Waals surface area (Å²) in [5, 5.41) is 0. The summed E-state index contributed by atoms with van der Waals surface area (Å²) >= 11 is 0. The van der Waals surface area contributed by atoms with Crippen LogP contribution in [0.2, 0.25) is 0 Å². The molecule has 0 heterocycles. The molecule has 0 aliphatic heterocycles. The summed E-state index contributed by atoms with van der Waals surface area (Å²) in [6.45, 7) is 24.8. The molecule has 3 aromatic carbocycles. The van der Waals surface area contributed by atoms with Crippen molar-refractivity contribution in [3.63, 3.8) is 0 Å². The summed E-state index contributed by atoms with van der Waals surface area (Å²) in [5.41, 5.74) is 26.1. The Morgan fingerprint density at radius 3 is 2.28 bits per heavy atom. The van der Waals surface area contributed by atoms with Crippen LogP contribution in [0.4, 0.5) is 0 Å². The number of hydrogen-bond acceptors (Lipinski definition) is 2. The Labute approximate surface area is 279 Å². The molecule has 0 saturated carbocycles. The van der Waals surface area contributed by atoms with Gasteiger partial charge in [-0.2, -0.15) is 0 Å². The van der Waals surface area contributed by atoms with E-state index in [0.717, 1.165) is 17.6 Å². The van der Waals surface area contributed by atoms with Crippen LogP contribution in [0.3, 0.4) is 0 Å².